The fourth-order valence-electron chi connectivity index (χ4n) is 3.59. The Morgan fingerprint density at radius 2 is 2.00 bits per heavy atom. The predicted octanol–water partition coefficient (Wildman–Crippen LogP) is 3.44. The normalized spacial score (nSPS) is 13.9. The molecule has 0 fully saturated rings. The summed E-state index contributed by atoms with van der Waals surface area (Å²) in [7, 11) is 1.60. The van der Waals surface area contributed by atoms with Crippen molar-refractivity contribution in [2.75, 3.05) is 20.3 Å². The Balaban J connectivity index is 1.86. The molecule has 0 aliphatic carbocycles. The quantitative estimate of drug-likeness (QED) is 0.569. The molecule has 8 nitrogen and oxygen atoms in total. The third-order valence-corrected chi connectivity index (χ3v) is 5.11. The maximum absolute atomic E-state index is 12.5. The molecule has 8 heteroatoms. The van der Waals surface area contributed by atoms with Gasteiger partial charge in [-0.25, -0.2) is 4.79 Å². The van der Waals surface area contributed by atoms with Gasteiger partial charge in [0.05, 0.1) is 17.9 Å². The van der Waals surface area contributed by atoms with Crippen molar-refractivity contribution in [3.8, 4) is 28.8 Å². The lowest BCUT2D eigenvalue weighted by Gasteiger charge is -2.32. The number of nitrogens with zero attached hydrogens (tertiary/aromatic N) is 2. The van der Waals surface area contributed by atoms with Crippen LogP contribution in [0.5, 0.6) is 11.5 Å². The minimum atomic E-state index is -1.32. The third-order valence-electron chi connectivity index (χ3n) is 5.11. The number of carboxylic acid groups (broad SMARTS) is 1. The van der Waals surface area contributed by atoms with Crippen LogP contribution < -0.4 is 14.9 Å². The summed E-state index contributed by atoms with van der Waals surface area (Å²) in [5.41, 5.74) is 1.03. The Kier molecular flexibility index (Phi) is 5.92. The minimum Gasteiger partial charge on any atom is -0.492 e. The molecule has 1 atom stereocenters. The molecule has 162 valence electrons. The van der Waals surface area contributed by atoms with E-state index in [4.69, 9.17) is 14.2 Å². The standard InChI is InChI=1S/C24H20N2O6/c1-30-8-5-9-31-21-12-22-17(10-16(21)13-25)19-11-20(27)18(24(28)29)14-26(19)23(32-22)15-6-3-2-4-7-15/h2-4,6-7,10-12,14,23H,5,8-9H2,1H3,(H,28,29). The number of aromatic carboxylic acids is 1. The first-order valence-corrected chi connectivity index (χ1v) is 9.95. The number of carbonyl (C=O) groups is 1. The average molecular weight is 432 g/mol. The monoisotopic (exact) mass is 432 g/mol. The summed E-state index contributed by atoms with van der Waals surface area (Å²) in [6.07, 6.45) is 1.23. The van der Waals surface area contributed by atoms with Crippen molar-refractivity contribution < 1.29 is 24.1 Å². The van der Waals surface area contributed by atoms with Crippen LogP contribution in [-0.2, 0) is 4.74 Å². The SMILES string of the molecule is COCCCOc1cc2c(cc1C#N)-c1cc(=O)c(C(=O)O)cn1C(c1ccccc1)O2. The molecule has 0 radical (unpaired) electrons. The zero-order valence-electron chi connectivity index (χ0n) is 17.3. The molecule has 1 unspecified atom stereocenters. The lowest BCUT2D eigenvalue weighted by atomic mass is 10.0. The van der Waals surface area contributed by atoms with Gasteiger partial charge < -0.3 is 23.9 Å². The van der Waals surface area contributed by atoms with Crippen LogP contribution in [0.2, 0.25) is 0 Å². The van der Waals surface area contributed by atoms with Crippen LogP contribution in [0.15, 0.2) is 59.5 Å². The van der Waals surface area contributed by atoms with Crippen LogP contribution in [0.3, 0.4) is 0 Å². The summed E-state index contributed by atoms with van der Waals surface area (Å²) in [5, 5.41) is 19.1. The summed E-state index contributed by atoms with van der Waals surface area (Å²) in [5.74, 6) is -0.519. The Morgan fingerprint density at radius 3 is 2.69 bits per heavy atom. The van der Waals surface area contributed by atoms with E-state index in [-0.39, 0.29) is 11.1 Å². The largest absolute Gasteiger partial charge is 0.492 e. The molecule has 1 N–H and O–H groups in total. The van der Waals surface area contributed by atoms with E-state index < -0.39 is 17.6 Å². The molecule has 4 rings (SSSR count). The van der Waals surface area contributed by atoms with E-state index in [1.165, 1.54) is 12.3 Å². The Labute approximate surface area is 183 Å². The highest BCUT2D eigenvalue weighted by Gasteiger charge is 2.29. The minimum absolute atomic E-state index is 0.282. The lowest BCUT2D eigenvalue weighted by molar-refractivity contribution is 0.0693. The zero-order valence-corrected chi connectivity index (χ0v) is 17.3. The first-order chi connectivity index (χ1) is 15.5. The van der Waals surface area contributed by atoms with Crippen molar-refractivity contribution in [2.24, 2.45) is 0 Å². The molecular weight excluding hydrogens is 412 g/mol. The predicted molar refractivity (Wildman–Crippen MR) is 115 cm³/mol. The van der Waals surface area contributed by atoms with Gasteiger partial charge in [0.2, 0.25) is 6.23 Å². The number of hydrogen-bond donors (Lipinski definition) is 1. The van der Waals surface area contributed by atoms with E-state index in [1.54, 1.807) is 23.8 Å². The van der Waals surface area contributed by atoms with Crippen molar-refractivity contribution in [3.63, 3.8) is 0 Å². The second kappa shape index (κ2) is 8.96. The van der Waals surface area contributed by atoms with E-state index in [0.717, 1.165) is 5.56 Å². The van der Waals surface area contributed by atoms with Crippen molar-refractivity contribution >= 4 is 5.97 Å². The number of carboxylic acids is 1. The van der Waals surface area contributed by atoms with E-state index in [0.29, 0.717) is 42.4 Å². The number of hydrogen-bond acceptors (Lipinski definition) is 6. The van der Waals surface area contributed by atoms with Crippen molar-refractivity contribution in [2.45, 2.75) is 12.6 Å². The number of aromatic nitrogens is 1. The molecule has 0 bridgehead atoms. The van der Waals surface area contributed by atoms with Gasteiger partial charge in [0.1, 0.15) is 23.1 Å². The van der Waals surface area contributed by atoms with Crippen molar-refractivity contribution in [1.82, 2.24) is 4.57 Å². The lowest BCUT2D eigenvalue weighted by Crippen LogP contribution is -2.27. The van der Waals surface area contributed by atoms with Crippen molar-refractivity contribution in [1.29, 1.82) is 5.26 Å². The molecule has 1 aromatic heterocycles. The molecule has 2 aromatic carbocycles. The molecule has 0 amide bonds. The number of nitriles is 1. The van der Waals surface area contributed by atoms with Gasteiger partial charge in [-0.2, -0.15) is 5.26 Å². The van der Waals surface area contributed by atoms with Crippen LogP contribution in [0, 0.1) is 11.3 Å². The molecule has 1 aliphatic heterocycles. The maximum atomic E-state index is 12.5. The second-order valence-electron chi connectivity index (χ2n) is 7.18. The second-order valence-corrected chi connectivity index (χ2v) is 7.18. The molecule has 3 aromatic rings. The van der Waals surface area contributed by atoms with Gasteiger partial charge in [0, 0.05) is 49.6 Å². The highest BCUT2D eigenvalue weighted by atomic mass is 16.5. The fraction of sp³-hybridized carbons (Fsp3) is 0.208. The number of fused-ring (bicyclic) bond motifs is 3. The number of rotatable bonds is 7. The smallest absolute Gasteiger partial charge is 0.341 e. The highest BCUT2D eigenvalue weighted by Crippen LogP contribution is 2.43. The van der Waals surface area contributed by atoms with E-state index in [9.17, 15) is 20.0 Å². The van der Waals surface area contributed by atoms with Crippen LogP contribution >= 0.6 is 0 Å². The summed E-state index contributed by atoms with van der Waals surface area (Å²) in [6.45, 7) is 0.892. The van der Waals surface area contributed by atoms with Gasteiger partial charge >= 0.3 is 5.97 Å². The van der Waals surface area contributed by atoms with Gasteiger partial charge in [0.25, 0.3) is 0 Å². The van der Waals surface area contributed by atoms with Gasteiger partial charge in [0.15, 0.2) is 5.43 Å². The number of benzene rings is 2. The summed E-state index contributed by atoms with van der Waals surface area (Å²) < 4.78 is 18.6. The summed E-state index contributed by atoms with van der Waals surface area (Å²) >= 11 is 0. The van der Waals surface area contributed by atoms with E-state index in [1.807, 2.05) is 30.3 Å². The highest BCUT2D eigenvalue weighted by molar-refractivity contribution is 5.88. The van der Waals surface area contributed by atoms with Crippen LogP contribution in [0.4, 0.5) is 0 Å². The number of methoxy groups -OCH3 is 1. The zero-order chi connectivity index (χ0) is 22.7. The molecule has 1 aliphatic rings. The van der Waals surface area contributed by atoms with Crippen LogP contribution in [-0.4, -0.2) is 36.0 Å². The molecule has 2 heterocycles. The Bertz CT molecular complexity index is 1260. The molecule has 32 heavy (non-hydrogen) atoms. The van der Waals surface area contributed by atoms with Gasteiger partial charge in [-0.05, 0) is 6.07 Å². The van der Waals surface area contributed by atoms with Gasteiger partial charge in [-0.3, -0.25) is 4.79 Å². The third kappa shape index (κ3) is 3.94. The summed E-state index contributed by atoms with van der Waals surface area (Å²) in [6, 6.07) is 15.9. The number of pyridine rings is 1. The Hall–Kier alpha value is -4.09. The van der Waals surface area contributed by atoms with E-state index in [2.05, 4.69) is 6.07 Å². The molecule has 0 saturated heterocycles. The van der Waals surface area contributed by atoms with Crippen molar-refractivity contribution in [3.05, 3.63) is 81.6 Å². The van der Waals surface area contributed by atoms with Gasteiger partial charge in [-0.15, -0.1) is 0 Å². The topological polar surface area (TPSA) is 111 Å². The van der Waals surface area contributed by atoms with E-state index >= 15 is 0 Å². The van der Waals surface area contributed by atoms with Gasteiger partial charge in [-0.1, -0.05) is 30.3 Å². The average Bonchev–Trinajstić information content (AvgIpc) is 2.80. The first kappa shape index (κ1) is 21.2. The van der Waals surface area contributed by atoms with Crippen LogP contribution in [0.1, 0.15) is 34.1 Å². The maximum Gasteiger partial charge on any atom is 0.341 e. The number of ether oxygens (including phenoxy) is 3. The van der Waals surface area contributed by atoms with Crippen LogP contribution in [0.25, 0.3) is 11.3 Å². The molecule has 0 spiro atoms. The summed E-state index contributed by atoms with van der Waals surface area (Å²) in [4.78, 5) is 24.0. The molecule has 0 saturated carbocycles. The fourth-order valence-corrected chi connectivity index (χ4v) is 3.59. The Morgan fingerprint density at radius 1 is 1.22 bits per heavy atom. The molecular formula is C24H20N2O6. The first-order valence-electron chi connectivity index (χ1n) is 9.95.